The first-order valence-electron chi connectivity index (χ1n) is 11.8. The van der Waals surface area contributed by atoms with Gasteiger partial charge in [-0.05, 0) is 65.6 Å². The number of hydrogen-bond acceptors (Lipinski definition) is 7. The Labute approximate surface area is 205 Å². The predicted octanol–water partition coefficient (Wildman–Crippen LogP) is 2.97. The zero-order valence-electron chi connectivity index (χ0n) is 20.2. The molecule has 0 saturated carbocycles. The van der Waals surface area contributed by atoms with E-state index in [0.29, 0.717) is 32.7 Å². The summed E-state index contributed by atoms with van der Waals surface area (Å²) in [5, 5.41) is 15.4. The van der Waals surface area contributed by atoms with Crippen molar-refractivity contribution in [1.82, 2.24) is 10.3 Å². The van der Waals surface area contributed by atoms with Crippen molar-refractivity contribution in [3.05, 3.63) is 66.5 Å². The number of aromatic nitrogens is 1. The molecule has 8 nitrogen and oxygen atoms in total. The summed E-state index contributed by atoms with van der Waals surface area (Å²) in [6.07, 6.45) is 4.12. The normalized spacial score (nSPS) is 14.5. The number of hydrogen-bond donors (Lipinski definition) is 3. The second-order valence-corrected chi connectivity index (χ2v) is 8.54. The molecular formula is C27H32N4O4. The summed E-state index contributed by atoms with van der Waals surface area (Å²) in [4.78, 5) is 19.5. The van der Waals surface area contributed by atoms with E-state index in [1.54, 1.807) is 19.5 Å². The molecule has 2 aromatic carbocycles. The highest BCUT2D eigenvalue weighted by atomic mass is 16.5. The molecule has 8 heteroatoms. The smallest absolute Gasteiger partial charge is 0.231 e. The molecule has 1 atom stereocenters. The first kappa shape index (κ1) is 24.5. The zero-order valence-corrected chi connectivity index (χ0v) is 20.2. The van der Waals surface area contributed by atoms with Crippen molar-refractivity contribution in [3.8, 4) is 22.6 Å². The standard InChI is InChI=1S/C27H32N4O4/c1-31(13-11-29-12-14-32)25-17-20(19-7-9-28-10-8-19)3-5-24(25)30-27(33)22-15-21-16-23(34-2)4-6-26(21)35-18-22/h3-10,16-17,22,29,32H,11-15,18H2,1-2H3,(H,30,33). The first-order valence-corrected chi connectivity index (χ1v) is 11.8. The molecule has 4 rings (SSSR count). The Kier molecular flexibility index (Phi) is 8.18. The van der Waals surface area contributed by atoms with Crippen LogP contribution in [0.2, 0.25) is 0 Å². The van der Waals surface area contributed by atoms with Crippen molar-refractivity contribution in [2.24, 2.45) is 5.92 Å². The van der Waals surface area contributed by atoms with Crippen molar-refractivity contribution >= 4 is 17.3 Å². The van der Waals surface area contributed by atoms with E-state index in [2.05, 4.69) is 26.6 Å². The summed E-state index contributed by atoms with van der Waals surface area (Å²) >= 11 is 0. The zero-order chi connectivity index (χ0) is 24.6. The van der Waals surface area contributed by atoms with Crippen LogP contribution in [0.5, 0.6) is 11.5 Å². The number of nitrogens with one attached hydrogen (secondary N) is 2. The van der Waals surface area contributed by atoms with Gasteiger partial charge < -0.3 is 30.1 Å². The molecule has 184 valence electrons. The number of rotatable bonds is 10. The largest absolute Gasteiger partial charge is 0.497 e. The number of benzene rings is 2. The number of amides is 1. The lowest BCUT2D eigenvalue weighted by atomic mass is 9.95. The number of methoxy groups -OCH3 is 1. The summed E-state index contributed by atoms with van der Waals surface area (Å²) in [5.74, 6) is 1.16. The second-order valence-electron chi connectivity index (χ2n) is 8.54. The third-order valence-electron chi connectivity index (χ3n) is 6.14. The number of anilines is 2. The maximum atomic E-state index is 13.3. The summed E-state index contributed by atoms with van der Waals surface area (Å²) in [5.41, 5.74) is 4.72. The van der Waals surface area contributed by atoms with Crippen molar-refractivity contribution in [2.45, 2.75) is 6.42 Å². The fourth-order valence-electron chi connectivity index (χ4n) is 4.15. The Balaban J connectivity index is 1.53. The molecule has 35 heavy (non-hydrogen) atoms. The lowest BCUT2D eigenvalue weighted by Crippen LogP contribution is -2.34. The number of aliphatic hydroxyl groups is 1. The van der Waals surface area contributed by atoms with E-state index in [1.165, 1.54) is 0 Å². The number of aliphatic hydroxyl groups excluding tert-OH is 1. The number of carbonyl (C=O) groups is 1. The molecule has 0 saturated heterocycles. The van der Waals surface area contributed by atoms with E-state index in [1.807, 2.05) is 49.5 Å². The lowest BCUT2D eigenvalue weighted by Gasteiger charge is -2.27. The monoisotopic (exact) mass is 476 g/mol. The van der Waals surface area contributed by atoms with Crippen molar-refractivity contribution < 1.29 is 19.4 Å². The van der Waals surface area contributed by atoms with Crippen molar-refractivity contribution in [2.75, 3.05) is 57.2 Å². The molecule has 0 fully saturated rings. The highest BCUT2D eigenvalue weighted by Crippen LogP contribution is 2.34. The molecule has 3 N–H and O–H groups in total. The van der Waals surface area contributed by atoms with Crippen LogP contribution in [-0.2, 0) is 11.2 Å². The number of pyridine rings is 1. The molecule has 1 unspecified atom stereocenters. The molecular weight excluding hydrogens is 444 g/mol. The summed E-state index contributed by atoms with van der Waals surface area (Å²) in [6.45, 7) is 2.39. The van der Waals surface area contributed by atoms with Gasteiger partial charge in [0.2, 0.25) is 5.91 Å². The minimum atomic E-state index is -0.307. The van der Waals surface area contributed by atoms with Crippen LogP contribution in [-0.4, -0.2) is 63.0 Å². The minimum absolute atomic E-state index is 0.0804. The van der Waals surface area contributed by atoms with Gasteiger partial charge >= 0.3 is 0 Å². The van der Waals surface area contributed by atoms with Crippen molar-refractivity contribution in [1.29, 1.82) is 0 Å². The van der Waals surface area contributed by atoms with Gasteiger partial charge in [0.15, 0.2) is 0 Å². The summed E-state index contributed by atoms with van der Waals surface area (Å²) in [6, 6.07) is 15.6. The fraction of sp³-hybridized carbons (Fsp3) is 0.333. The molecule has 2 heterocycles. The number of nitrogens with zero attached hydrogens (tertiary/aromatic N) is 2. The van der Waals surface area contributed by atoms with Crippen LogP contribution in [0.15, 0.2) is 60.9 Å². The van der Waals surface area contributed by atoms with Crippen LogP contribution in [0.4, 0.5) is 11.4 Å². The van der Waals surface area contributed by atoms with Gasteiger partial charge in [0.05, 0.1) is 31.0 Å². The molecule has 0 spiro atoms. The molecule has 3 aromatic rings. The van der Waals surface area contributed by atoms with Crippen LogP contribution in [0.3, 0.4) is 0 Å². The van der Waals surface area contributed by atoms with Gasteiger partial charge in [-0.25, -0.2) is 0 Å². The molecule has 1 aliphatic rings. The molecule has 0 aliphatic carbocycles. The molecule has 1 aromatic heterocycles. The number of likely N-dealkylation sites (N-methyl/N-ethyl adjacent to an activating group) is 1. The topological polar surface area (TPSA) is 96.0 Å². The van der Waals surface area contributed by atoms with Gasteiger partial charge in [-0.3, -0.25) is 9.78 Å². The molecule has 0 bridgehead atoms. The van der Waals surface area contributed by atoms with E-state index in [4.69, 9.17) is 14.6 Å². The SMILES string of the molecule is COc1ccc2c(c1)CC(C(=O)Nc1ccc(-c3ccncc3)cc1N(C)CCNCCO)CO2. The van der Waals surface area contributed by atoms with E-state index < -0.39 is 0 Å². The van der Waals surface area contributed by atoms with Gasteiger partial charge in [-0.2, -0.15) is 0 Å². The summed E-state index contributed by atoms with van der Waals surface area (Å²) in [7, 11) is 3.62. The van der Waals surface area contributed by atoms with Crippen molar-refractivity contribution in [3.63, 3.8) is 0 Å². The fourth-order valence-corrected chi connectivity index (χ4v) is 4.15. The molecule has 0 radical (unpaired) electrons. The van der Waals surface area contributed by atoms with Crippen LogP contribution in [0, 0.1) is 5.92 Å². The number of fused-ring (bicyclic) bond motifs is 1. The van der Waals surface area contributed by atoms with E-state index in [0.717, 1.165) is 39.6 Å². The Morgan fingerprint density at radius 2 is 1.97 bits per heavy atom. The molecule has 1 aliphatic heterocycles. The van der Waals surface area contributed by atoms with Gasteiger partial charge in [0.25, 0.3) is 0 Å². The first-order chi connectivity index (χ1) is 17.1. The average molecular weight is 477 g/mol. The number of carbonyl (C=O) groups excluding carboxylic acids is 1. The lowest BCUT2D eigenvalue weighted by molar-refractivity contribution is -0.121. The van der Waals surface area contributed by atoms with Gasteiger partial charge in [0.1, 0.15) is 18.1 Å². The van der Waals surface area contributed by atoms with E-state index in [9.17, 15) is 4.79 Å². The van der Waals surface area contributed by atoms with Gasteiger partial charge in [0, 0.05) is 39.1 Å². The Hall–Kier alpha value is -3.62. The van der Waals surface area contributed by atoms with Gasteiger partial charge in [-0.1, -0.05) is 6.07 Å². The van der Waals surface area contributed by atoms with Crippen LogP contribution in [0.1, 0.15) is 5.56 Å². The Bertz CT molecular complexity index is 1140. The van der Waals surface area contributed by atoms with E-state index in [-0.39, 0.29) is 18.4 Å². The third-order valence-corrected chi connectivity index (χ3v) is 6.14. The van der Waals surface area contributed by atoms with Crippen LogP contribution < -0.4 is 25.0 Å². The average Bonchev–Trinajstić information content (AvgIpc) is 2.91. The highest BCUT2D eigenvalue weighted by Gasteiger charge is 2.27. The quantitative estimate of drug-likeness (QED) is 0.387. The summed E-state index contributed by atoms with van der Waals surface area (Å²) < 4.78 is 11.2. The minimum Gasteiger partial charge on any atom is -0.497 e. The Morgan fingerprint density at radius 1 is 1.14 bits per heavy atom. The second kappa shape index (κ2) is 11.7. The third kappa shape index (κ3) is 6.09. The maximum absolute atomic E-state index is 13.3. The highest BCUT2D eigenvalue weighted by molar-refractivity contribution is 5.97. The van der Waals surface area contributed by atoms with E-state index >= 15 is 0 Å². The maximum Gasteiger partial charge on any atom is 0.231 e. The van der Waals surface area contributed by atoms with Crippen LogP contribution in [0.25, 0.3) is 11.1 Å². The van der Waals surface area contributed by atoms with Gasteiger partial charge in [-0.15, -0.1) is 0 Å². The predicted molar refractivity (Wildman–Crippen MR) is 137 cm³/mol. The molecule has 1 amide bonds. The number of ether oxygens (including phenoxy) is 2. The Morgan fingerprint density at radius 3 is 2.74 bits per heavy atom. The van der Waals surface area contributed by atoms with Crippen LogP contribution >= 0.6 is 0 Å².